The van der Waals surface area contributed by atoms with Gasteiger partial charge >= 0.3 is 12.2 Å². The molecule has 1 fully saturated rings. The maximum Gasteiger partial charge on any atom is 0.416 e. The summed E-state index contributed by atoms with van der Waals surface area (Å²) in [5, 5.41) is 6.03. The van der Waals surface area contributed by atoms with E-state index in [1.165, 1.54) is 30.2 Å². The fourth-order valence-corrected chi connectivity index (χ4v) is 5.85. The first-order valence-electron chi connectivity index (χ1n) is 15.3. The Morgan fingerprint density at radius 3 is 2.53 bits per heavy atom. The number of urea groups is 1. The maximum atomic E-state index is 13.7. The van der Waals surface area contributed by atoms with Crippen LogP contribution in [-0.4, -0.2) is 78.1 Å². The smallest absolute Gasteiger partial charge is 0.416 e. The van der Waals surface area contributed by atoms with E-state index in [4.69, 9.17) is 4.74 Å². The lowest BCUT2D eigenvalue weighted by Crippen LogP contribution is -2.48. The zero-order valence-electron chi connectivity index (χ0n) is 27.1. The summed E-state index contributed by atoms with van der Waals surface area (Å²) in [7, 11) is 5.58. The number of alkyl halides is 3. The summed E-state index contributed by atoms with van der Waals surface area (Å²) in [5.74, 6) is 0.408. The molecule has 3 aromatic rings. The number of nitrogens with one attached hydrogen (secondary N) is 2. The van der Waals surface area contributed by atoms with Crippen LogP contribution < -0.4 is 25.2 Å². The number of amides is 3. The molecule has 0 bridgehead atoms. The highest BCUT2D eigenvalue weighted by Gasteiger charge is 2.36. The molecular formula is C33H39F3N8O3. The number of methoxy groups -OCH3 is 1. The Morgan fingerprint density at radius 1 is 1.21 bits per heavy atom. The third kappa shape index (κ3) is 7.12. The molecule has 2 aromatic carbocycles. The van der Waals surface area contributed by atoms with Gasteiger partial charge in [-0.05, 0) is 76.7 Å². The number of hydrogen-bond donors (Lipinski definition) is 2. The van der Waals surface area contributed by atoms with Gasteiger partial charge in [0.2, 0.25) is 11.9 Å². The van der Waals surface area contributed by atoms with E-state index < -0.39 is 17.8 Å². The molecular weight excluding hydrogens is 613 g/mol. The van der Waals surface area contributed by atoms with Crippen molar-refractivity contribution in [3.05, 3.63) is 66.4 Å². The molecule has 1 saturated heterocycles. The third-order valence-electron chi connectivity index (χ3n) is 8.48. The van der Waals surface area contributed by atoms with Crippen molar-refractivity contribution in [3.8, 4) is 5.75 Å². The molecule has 3 heterocycles. The van der Waals surface area contributed by atoms with Crippen LogP contribution in [0.3, 0.4) is 0 Å². The van der Waals surface area contributed by atoms with E-state index in [-0.39, 0.29) is 35.9 Å². The zero-order chi connectivity index (χ0) is 34.0. The molecule has 250 valence electrons. The SMILES string of the molecule is C=CC(=O)Nc1cc(Nc2ncc3c(n2)N(c2ccc(C(F)(F)F)cc2)C(=O)N(C(C)C)C3)c(OC)cc1N(C)CC1CCCN1C. The summed E-state index contributed by atoms with van der Waals surface area (Å²) in [6.07, 6.45) is 0.441. The number of carbonyl (C=O) groups is 2. The Labute approximate surface area is 272 Å². The number of nitrogens with zero attached hydrogens (tertiary/aromatic N) is 6. The van der Waals surface area contributed by atoms with Crippen LogP contribution in [0.2, 0.25) is 0 Å². The molecule has 2 aliphatic rings. The standard InChI is InChI=1S/C33H39F3N8O3/c1-7-29(45)38-25-15-26(28(47-6)16-27(25)42(5)19-24-9-8-14-41(24)4)39-31-37-17-21-18-43(20(2)3)32(46)44(30(21)40-31)23-12-10-22(11-13-23)33(34,35)36/h7,10-13,15-17,20,24H,1,8-9,14,18-19H2,2-6H3,(H,38,45)(H,37,39,40). The quantitative estimate of drug-likeness (QED) is 0.243. The number of likely N-dealkylation sites (tertiary alicyclic amines) is 1. The summed E-state index contributed by atoms with van der Waals surface area (Å²) in [5.41, 5.74) is 1.70. The van der Waals surface area contributed by atoms with Gasteiger partial charge in [0.15, 0.2) is 5.82 Å². The van der Waals surface area contributed by atoms with Crippen molar-refractivity contribution in [2.75, 3.05) is 54.7 Å². The van der Waals surface area contributed by atoms with E-state index in [2.05, 4.69) is 44.0 Å². The molecule has 0 radical (unpaired) electrons. The van der Waals surface area contributed by atoms with Crippen LogP contribution in [-0.2, 0) is 17.5 Å². The molecule has 47 heavy (non-hydrogen) atoms. The number of likely N-dealkylation sites (N-methyl/N-ethyl adjacent to an activating group) is 2. The fourth-order valence-electron chi connectivity index (χ4n) is 5.85. The van der Waals surface area contributed by atoms with E-state index in [1.54, 1.807) is 17.2 Å². The average molecular weight is 653 g/mol. The minimum atomic E-state index is -4.52. The summed E-state index contributed by atoms with van der Waals surface area (Å²) >= 11 is 0. The summed E-state index contributed by atoms with van der Waals surface area (Å²) in [6.45, 7) is 9.27. The second kappa shape index (κ2) is 13.5. The molecule has 5 rings (SSSR count). The van der Waals surface area contributed by atoms with Gasteiger partial charge < -0.3 is 30.1 Å². The molecule has 0 aliphatic carbocycles. The second-order valence-electron chi connectivity index (χ2n) is 12.0. The third-order valence-corrected chi connectivity index (χ3v) is 8.48. The van der Waals surface area contributed by atoms with Crippen molar-refractivity contribution < 1.29 is 27.5 Å². The van der Waals surface area contributed by atoms with Crippen molar-refractivity contribution in [1.82, 2.24) is 19.8 Å². The number of anilines is 6. The van der Waals surface area contributed by atoms with E-state index in [9.17, 15) is 22.8 Å². The first-order valence-corrected chi connectivity index (χ1v) is 15.3. The van der Waals surface area contributed by atoms with Gasteiger partial charge in [-0.25, -0.2) is 14.7 Å². The predicted molar refractivity (Wildman–Crippen MR) is 176 cm³/mol. The molecule has 1 aromatic heterocycles. The van der Waals surface area contributed by atoms with E-state index in [0.29, 0.717) is 28.7 Å². The van der Waals surface area contributed by atoms with Crippen LogP contribution in [0.4, 0.5) is 52.5 Å². The predicted octanol–water partition coefficient (Wildman–Crippen LogP) is 6.38. The average Bonchev–Trinajstić information content (AvgIpc) is 3.43. The van der Waals surface area contributed by atoms with Gasteiger partial charge in [-0.2, -0.15) is 18.2 Å². The van der Waals surface area contributed by atoms with Crippen LogP contribution in [0.15, 0.2) is 55.3 Å². The van der Waals surface area contributed by atoms with Gasteiger partial charge in [0.25, 0.3) is 0 Å². The summed E-state index contributed by atoms with van der Waals surface area (Å²) in [6, 6.07) is 7.64. The van der Waals surface area contributed by atoms with Gasteiger partial charge in [-0.1, -0.05) is 6.58 Å². The Bertz CT molecular complexity index is 1650. The Kier molecular flexibility index (Phi) is 9.61. The zero-order valence-corrected chi connectivity index (χ0v) is 27.1. The van der Waals surface area contributed by atoms with Crippen molar-refractivity contribution in [1.29, 1.82) is 0 Å². The number of rotatable bonds is 10. The van der Waals surface area contributed by atoms with E-state index >= 15 is 0 Å². The van der Waals surface area contributed by atoms with Crippen LogP contribution in [0.1, 0.15) is 37.8 Å². The second-order valence-corrected chi connectivity index (χ2v) is 12.0. The Morgan fingerprint density at radius 2 is 1.94 bits per heavy atom. The van der Waals surface area contributed by atoms with Crippen LogP contribution in [0, 0.1) is 0 Å². The highest BCUT2D eigenvalue weighted by atomic mass is 19.4. The summed E-state index contributed by atoms with van der Waals surface area (Å²) < 4.78 is 45.6. The number of halogens is 3. The van der Waals surface area contributed by atoms with Crippen molar-refractivity contribution >= 4 is 46.5 Å². The number of hydrogen-bond acceptors (Lipinski definition) is 8. The highest BCUT2D eigenvalue weighted by molar-refractivity contribution is 6.02. The number of aromatic nitrogens is 2. The van der Waals surface area contributed by atoms with Gasteiger partial charge in [0, 0.05) is 43.5 Å². The van der Waals surface area contributed by atoms with Crippen molar-refractivity contribution in [2.45, 2.75) is 51.5 Å². The molecule has 2 N–H and O–H groups in total. The minimum absolute atomic E-state index is 0.111. The minimum Gasteiger partial charge on any atom is -0.494 e. The van der Waals surface area contributed by atoms with Gasteiger partial charge in [0.05, 0.1) is 42.0 Å². The Balaban J connectivity index is 1.52. The normalized spacial score (nSPS) is 16.7. The Hall–Kier alpha value is -4.85. The van der Waals surface area contributed by atoms with Crippen molar-refractivity contribution in [2.24, 2.45) is 0 Å². The highest BCUT2D eigenvalue weighted by Crippen LogP contribution is 2.40. The van der Waals surface area contributed by atoms with Crippen LogP contribution >= 0.6 is 0 Å². The van der Waals surface area contributed by atoms with Gasteiger partial charge in [0.1, 0.15) is 5.75 Å². The fraction of sp³-hybridized carbons (Fsp3) is 0.394. The van der Waals surface area contributed by atoms with Gasteiger partial charge in [-0.15, -0.1) is 0 Å². The molecule has 1 unspecified atom stereocenters. The largest absolute Gasteiger partial charge is 0.494 e. The number of ether oxygens (including phenoxy) is 1. The topological polar surface area (TPSA) is 106 Å². The number of carbonyl (C=O) groups excluding carboxylic acids is 2. The first kappa shape index (κ1) is 33.5. The molecule has 11 nitrogen and oxygen atoms in total. The molecule has 14 heteroatoms. The first-order chi connectivity index (χ1) is 22.3. The maximum absolute atomic E-state index is 13.7. The molecule has 0 saturated carbocycles. The van der Waals surface area contributed by atoms with E-state index in [0.717, 1.165) is 43.8 Å². The molecule has 2 aliphatic heterocycles. The molecule has 3 amide bonds. The van der Waals surface area contributed by atoms with E-state index in [1.807, 2.05) is 27.0 Å². The van der Waals surface area contributed by atoms with Gasteiger partial charge in [-0.3, -0.25) is 4.79 Å². The lowest BCUT2D eigenvalue weighted by atomic mass is 10.1. The van der Waals surface area contributed by atoms with Crippen LogP contribution in [0.5, 0.6) is 5.75 Å². The molecule has 0 spiro atoms. The van der Waals surface area contributed by atoms with Crippen LogP contribution in [0.25, 0.3) is 0 Å². The monoisotopic (exact) mass is 652 g/mol. The number of fused-ring (bicyclic) bond motifs is 1. The van der Waals surface area contributed by atoms with Crippen molar-refractivity contribution in [3.63, 3.8) is 0 Å². The lowest BCUT2D eigenvalue weighted by molar-refractivity contribution is -0.137. The summed E-state index contributed by atoms with van der Waals surface area (Å²) in [4.78, 5) is 42.5. The number of benzene rings is 2. The molecule has 1 atom stereocenters. The lowest BCUT2D eigenvalue weighted by Gasteiger charge is -2.38.